The molecule has 2 rings (SSSR count). The summed E-state index contributed by atoms with van der Waals surface area (Å²) in [5.74, 6) is 1.31. The van der Waals surface area contributed by atoms with E-state index in [1.807, 2.05) is 0 Å². The summed E-state index contributed by atoms with van der Waals surface area (Å²) in [7, 11) is 0. The number of aromatic nitrogens is 2. The maximum atomic E-state index is 11.2. The van der Waals surface area contributed by atoms with E-state index in [-0.39, 0.29) is 5.56 Å². The number of nitrogens with one attached hydrogen (secondary N) is 3. The van der Waals surface area contributed by atoms with Crippen molar-refractivity contribution >= 4 is 5.82 Å². The van der Waals surface area contributed by atoms with Crippen molar-refractivity contribution in [1.29, 1.82) is 0 Å². The lowest BCUT2D eigenvalue weighted by Gasteiger charge is -2.23. The Morgan fingerprint density at radius 3 is 3.12 bits per heavy atom. The lowest BCUT2D eigenvalue weighted by atomic mass is 10.1. The molecule has 1 aliphatic rings. The molecule has 1 saturated heterocycles. The molecular weight excluding hydrogens is 204 g/mol. The number of piperidine rings is 1. The van der Waals surface area contributed by atoms with E-state index in [0.717, 1.165) is 13.1 Å². The highest BCUT2D eigenvalue weighted by Crippen LogP contribution is 2.07. The maximum Gasteiger partial charge on any atom is 0.252 e. The number of aromatic amines is 1. The van der Waals surface area contributed by atoms with Crippen molar-refractivity contribution < 1.29 is 0 Å². The molecule has 0 radical (unpaired) electrons. The van der Waals surface area contributed by atoms with Crippen LogP contribution in [0.4, 0.5) is 5.82 Å². The Bertz CT molecular complexity index is 395. The third-order valence-electron chi connectivity index (χ3n) is 2.80. The normalized spacial score (nSPS) is 20.7. The molecule has 0 spiro atoms. The molecule has 88 valence electrons. The van der Waals surface area contributed by atoms with Gasteiger partial charge < -0.3 is 15.6 Å². The molecule has 1 aromatic rings. The molecule has 1 fully saturated rings. The number of aryl methyl sites for hydroxylation is 1. The minimum absolute atomic E-state index is 0.105. The first-order valence-corrected chi connectivity index (χ1v) is 5.79. The SMILES string of the molecule is Cc1nc(NCC2CCCCN2)cc(=O)[nH]1. The minimum Gasteiger partial charge on any atom is -0.368 e. The highest BCUT2D eigenvalue weighted by molar-refractivity contribution is 5.32. The fraction of sp³-hybridized carbons (Fsp3) is 0.636. The molecular formula is C11H18N4O. The molecule has 0 bridgehead atoms. The Labute approximate surface area is 94.7 Å². The van der Waals surface area contributed by atoms with Gasteiger partial charge >= 0.3 is 0 Å². The summed E-state index contributed by atoms with van der Waals surface area (Å²) in [6, 6.07) is 1.99. The van der Waals surface area contributed by atoms with Crippen molar-refractivity contribution in [1.82, 2.24) is 15.3 Å². The van der Waals surface area contributed by atoms with Gasteiger partial charge in [-0.2, -0.15) is 0 Å². The van der Waals surface area contributed by atoms with Gasteiger partial charge in [-0.05, 0) is 26.3 Å². The maximum absolute atomic E-state index is 11.2. The molecule has 0 amide bonds. The van der Waals surface area contributed by atoms with Crippen molar-refractivity contribution in [2.24, 2.45) is 0 Å². The highest BCUT2D eigenvalue weighted by Gasteiger charge is 2.12. The van der Waals surface area contributed by atoms with Crippen LogP contribution < -0.4 is 16.2 Å². The van der Waals surface area contributed by atoms with Gasteiger partial charge in [0.25, 0.3) is 5.56 Å². The molecule has 1 unspecified atom stereocenters. The molecule has 0 saturated carbocycles. The Morgan fingerprint density at radius 1 is 1.56 bits per heavy atom. The molecule has 3 N–H and O–H groups in total. The molecule has 1 aromatic heterocycles. The second kappa shape index (κ2) is 5.12. The quantitative estimate of drug-likeness (QED) is 0.701. The van der Waals surface area contributed by atoms with Crippen LogP contribution >= 0.6 is 0 Å². The number of anilines is 1. The van der Waals surface area contributed by atoms with Crippen LogP contribution in [0.3, 0.4) is 0 Å². The van der Waals surface area contributed by atoms with E-state index in [4.69, 9.17) is 0 Å². The highest BCUT2D eigenvalue weighted by atomic mass is 16.1. The third-order valence-corrected chi connectivity index (χ3v) is 2.80. The van der Waals surface area contributed by atoms with Crippen LogP contribution in [0.1, 0.15) is 25.1 Å². The van der Waals surface area contributed by atoms with E-state index in [0.29, 0.717) is 17.7 Å². The Kier molecular flexibility index (Phi) is 3.56. The lowest BCUT2D eigenvalue weighted by molar-refractivity contribution is 0.414. The van der Waals surface area contributed by atoms with Gasteiger partial charge in [0.2, 0.25) is 0 Å². The van der Waals surface area contributed by atoms with Crippen LogP contribution in [-0.2, 0) is 0 Å². The molecule has 2 heterocycles. The Hall–Kier alpha value is -1.36. The van der Waals surface area contributed by atoms with Gasteiger partial charge in [0.1, 0.15) is 11.6 Å². The van der Waals surface area contributed by atoms with Crippen molar-refractivity contribution in [3.63, 3.8) is 0 Å². The van der Waals surface area contributed by atoms with E-state index in [1.54, 1.807) is 6.92 Å². The Balaban J connectivity index is 1.90. The van der Waals surface area contributed by atoms with Crippen molar-refractivity contribution in [3.8, 4) is 0 Å². The summed E-state index contributed by atoms with van der Waals surface area (Å²) in [6.07, 6.45) is 3.73. The molecule has 5 nitrogen and oxygen atoms in total. The first kappa shape index (κ1) is 11.1. The van der Waals surface area contributed by atoms with Crippen LogP contribution in [0.15, 0.2) is 10.9 Å². The smallest absolute Gasteiger partial charge is 0.252 e. The number of hydrogen-bond acceptors (Lipinski definition) is 4. The van der Waals surface area contributed by atoms with Gasteiger partial charge in [-0.3, -0.25) is 4.79 Å². The molecule has 1 atom stereocenters. The zero-order chi connectivity index (χ0) is 11.4. The first-order chi connectivity index (χ1) is 7.74. The number of H-pyrrole nitrogens is 1. The molecule has 1 aliphatic heterocycles. The monoisotopic (exact) mass is 222 g/mol. The predicted molar refractivity (Wildman–Crippen MR) is 63.7 cm³/mol. The summed E-state index contributed by atoms with van der Waals surface area (Å²) in [4.78, 5) is 18.1. The van der Waals surface area contributed by atoms with Crippen molar-refractivity contribution in [3.05, 3.63) is 22.2 Å². The molecule has 16 heavy (non-hydrogen) atoms. The average molecular weight is 222 g/mol. The lowest BCUT2D eigenvalue weighted by Crippen LogP contribution is -2.39. The number of rotatable bonds is 3. The topological polar surface area (TPSA) is 69.8 Å². The van der Waals surface area contributed by atoms with Crippen LogP contribution in [0.2, 0.25) is 0 Å². The van der Waals surface area contributed by atoms with E-state index in [9.17, 15) is 4.79 Å². The molecule has 0 aromatic carbocycles. The molecule has 0 aliphatic carbocycles. The average Bonchev–Trinajstić information content (AvgIpc) is 2.27. The summed E-state index contributed by atoms with van der Waals surface area (Å²) in [5.41, 5.74) is -0.105. The number of hydrogen-bond donors (Lipinski definition) is 3. The number of nitrogens with zero attached hydrogens (tertiary/aromatic N) is 1. The fourth-order valence-electron chi connectivity index (χ4n) is 2.00. The van der Waals surface area contributed by atoms with E-state index >= 15 is 0 Å². The van der Waals surface area contributed by atoms with Gasteiger partial charge in [-0.1, -0.05) is 6.42 Å². The van der Waals surface area contributed by atoms with Gasteiger partial charge in [-0.15, -0.1) is 0 Å². The second-order valence-electron chi connectivity index (χ2n) is 4.24. The summed E-state index contributed by atoms with van der Waals surface area (Å²) < 4.78 is 0. The van der Waals surface area contributed by atoms with Crippen LogP contribution in [0.5, 0.6) is 0 Å². The van der Waals surface area contributed by atoms with Crippen molar-refractivity contribution in [2.45, 2.75) is 32.2 Å². The fourth-order valence-corrected chi connectivity index (χ4v) is 2.00. The first-order valence-electron chi connectivity index (χ1n) is 5.79. The van der Waals surface area contributed by atoms with Crippen LogP contribution in [0, 0.1) is 6.92 Å². The Morgan fingerprint density at radius 2 is 2.44 bits per heavy atom. The van der Waals surface area contributed by atoms with E-state index < -0.39 is 0 Å². The van der Waals surface area contributed by atoms with Gasteiger partial charge in [0.05, 0.1) is 0 Å². The van der Waals surface area contributed by atoms with Gasteiger partial charge in [0, 0.05) is 18.7 Å². The third kappa shape index (κ3) is 3.06. The summed E-state index contributed by atoms with van der Waals surface area (Å²) in [6.45, 7) is 3.70. The van der Waals surface area contributed by atoms with E-state index in [2.05, 4.69) is 20.6 Å². The summed E-state index contributed by atoms with van der Waals surface area (Å²) >= 11 is 0. The van der Waals surface area contributed by atoms with E-state index in [1.165, 1.54) is 25.3 Å². The summed E-state index contributed by atoms with van der Waals surface area (Å²) in [5, 5.41) is 6.64. The van der Waals surface area contributed by atoms with Gasteiger partial charge in [0.15, 0.2) is 0 Å². The van der Waals surface area contributed by atoms with Gasteiger partial charge in [-0.25, -0.2) is 4.98 Å². The van der Waals surface area contributed by atoms with Crippen molar-refractivity contribution in [2.75, 3.05) is 18.4 Å². The zero-order valence-corrected chi connectivity index (χ0v) is 9.55. The van der Waals surface area contributed by atoms with Crippen LogP contribution in [-0.4, -0.2) is 29.1 Å². The standard InChI is InChI=1S/C11H18N4O/c1-8-14-10(6-11(16)15-8)13-7-9-4-2-3-5-12-9/h6,9,12H,2-5,7H2,1H3,(H2,13,14,15,16). The largest absolute Gasteiger partial charge is 0.368 e. The predicted octanol–water partition coefficient (Wildman–Crippen LogP) is 0.632. The van der Waals surface area contributed by atoms with Crippen LogP contribution in [0.25, 0.3) is 0 Å². The zero-order valence-electron chi connectivity index (χ0n) is 9.55. The second-order valence-corrected chi connectivity index (χ2v) is 4.24. The minimum atomic E-state index is -0.105. The molecule has 5 heteroatoms.